The van der Waals surface area contributed by atoms with Crippen molar-refractivity contribution in [3.63, 3.8) is 0 Å². The van der Waals surface area contributed by atoms with E-state index in [4.69, 9.17) is 5.11 Å². The monoisotopic (exact) mass is 305 g/mol. The number of carbonyl (C=O) groups is 2. The van der Waals surface area contributed by atoms with E-state index in [-0.39, 0.29) is 11.6 Å². The van der Waals surface area contributed by atoms with Gasteiger partial charge in [0.25, 0.3) is 5.91 Å². The summed E-state index contributed by atoms with van der Waals surface area (Å²) in [6, 6.07) is 1.61. The molecule has 0 heterocycles. The lowest BCUT2D eigenvalue weighted by Crippen LogP contribution is -2.37. The van der Waals surface area contributed by atoms with Gasteiger partial charge in [-0.05, 0) is 31.0 Å². The molecule has 0 aliphatic heterocycles. The molecule has 1 aromatic carbocycles. The Bertz CT molecular complexity index is 581. The third kappa shape index (κ3) is 3.50. The molecule has 0 unspecified atom stereocenters. The molecule has 1 aromatic rings. The zero-order valence-electron chi connectivity index (χ0n) is 10.7. The van der Waals surface area contributed by atoms with Crippen LogP contribution in [0.1, 0.15) is 28.8 Å². The highest BCUT2D eigenvalue weighted by atomic mass is 19.4. The van der Waals surface area contributed by atoms with Gasteiger partial charge in [0.1, 0.15) is 12.4 Å². The molecule has 21 heavy (non-hydrogen) atoms. The Morgan fingerprint density at radius 2 is 1.90 bits per heavy atom. The molecule has 0 saturated heterocycles. The maximum atomic E-state index is 13.2. The number of alkyl halides is 3. The van der Waals surface area contributed by atoms with Gasteiger partial charge in [-0.25, -0.2) is 4.39 Å². The number of benzene rings is 1. The fourth-order valence-electron chi connectivity index (χ4n) is 1.94. The van der Waals surface area contributed by atoms with Gasteiger partial charge in [0, 0.05) is 11.6 Å². The lowest BCUT2D eigenvalue weighted by molar-refractivity contribution is -0.140. The first-order valence-corrected chi connectivity index (χ1v) is 6.09. The van der Waals surface area contributed by atoms with Gasteiger partial charge in [-0.1, -0.05) is 0 Å². The van der Waals surface area contributed by atoms with Gasteiger partial charge < -0.3 is 10.0 Å². The number of hydrogen-bond donors (Lipinski definition) is 1. The molecule has 0 bridgehead atoms. The third-order valence-corrected chi connectivity index (χ3v) is 3.07. The number of nitrogens with zero attached hydrogens (tertiary/aromatic N) is 1. The van der Waals surface area contributed by atoms with Crippen LogP contribution in [0.15, 0.2) is 18.2 Å². The summed E-state index contributed by atoms with van der Waals surface area (Å²) in [4.78, 5) is 23.8. The van der Waals surface area contributed by atoms with Crippen molar-refractivity contribution < 1.29 is 32.3 Å². The van der Waals surface area contributed by atoms with Gasteiger partial charge in [0.2, 0.25) is 0 Å². The van der Waals surface area contributed by atoms with Crippen molar-refractivity contribution in [1.29, 1.82) is 0 Å². The van der Waals surface area contributed by atoms with Gasteiger partial charge in [-0.3, -0.25) is 9.59 Å². The molecular formula is C13H11F4NO3. The summed E-state index contributed by atoms with van der Waals surface area (Å²) in [5, 5.41) is 8.75. The number of carboxylic acid groups (broad SMARTS) is 1. The number of carboxylic acids is 1. The van der Waals surface area contributed by atoms with Gasteiger partial charge >= 0.3 is 12.1 Å². The molecule has 2 rings (SSSR count). The van der Waals surface area contributed by atoms with Crippen molar-refractivity contribution in [3.8, 4) is 0 Å². The summed E-state index contributed by atoms with van der Waals surface area (Å²) in [5.41, 5.74) is -1.92. The number of aliphatic carboxylic acids is 1. The van der Waals surface area contributed by atoms with E-state index in [9.17, 15) is 27.2 Å². The Morgan fingerprint density at radius 1 is 1.29 bits per heavy atom. The predicted octanol–water partition coefficient (Wildman–Crippen LogP) is 2.53. The van der Waals surface area contributed by atoms with E-state index in [0.29, 0.717) is 25.0 Å². The van der Waals surface area contributed by atoms with Gasteiger partial charge in [-0.2, -0.15) is 13.2 Å². The molecule has 1 fully saturated rings. The first kappa shape index (κ1) is 15.3. The second-order valence-corrected chi connectivity index (χ2v) is 4.75. The van der Waals surface area contributed by atoms with Crippen molar-refractivity contribution in [2.24, 2.45) is 0 Å². The molecule has 4 nitrogen and oxygen atoms in total. The summed E-state index contributed by atoms with van der Waals surface area (Å²) in [6.45, 7) is -0.595. The lowest BCUT2D eigenvalue weighted by atomic mass is 10.1. The van der Waals surface area contributed by atoms with Crippen molar-refractivity contribution in [2.45, 2.75) is 25.1 Å². The first-order chi connectivity index (χ1) is 9.70. The molecule has 1 aliphatic carbocycles. The second-order valence-electron chi connectivity index (χ2n) is 4.75. The molecule has 1 aliphatic rings. The first-order valence-electron chi connectivity index (χ1n) is 6.09. The quantitative estimate of drug-likeness (QED) is 0.870. The zero-order valence-corrected chi connectivity index (χ0v) is 10.7. The second kappa shape index (κ2) is 5.34. The number of halogens is 4. The van der Waals surface area contributed by atoms with E-state index in [1.54, 1.807) is 0 Å². The Labute approximate surface area is 117 Å². The van der Waals surface area contributed by atoms with E-state index in [1.165, 1.54) is 0 Å². The van der Waals surface area contributed by atoms with E-state index >= 15 is 0 Å². The van der Waals surface area contributed by atoms with Crippen LogP contribution in [-0.4, -0.2) is 34.5 Å². The van der Waals surface area contributed by atoms with Crippen LogP contribution in [0.4, 0.5) is 17.6 Å². The maximum Gasteiger partial charge on any atom is 0.419 e. The predicted molar refractivity (Wildman–Crippen MR) is 63.1 cm³/mol. The van der Waals surface area contributed by atoms with Crippen molar-refractivity contribution in [1.82, 2.24) is 4.90 Å². The van der Waals surface area contributed by atoms with Gasteiger partial charge in [-0.15, -0.1) is 0 Å². The van der Waals surface area contributed by atoms with Gasteiger partial charge in [0.05, 0.1) is 5.56 Å². The summed E-state index contributed by atoms with van der Waals surface area (Å²) >= 11 is 0. The standard InChI is InChI=1S/C13H11F4NO3/c14-10-4-1-7(5-9(10)13(15,16)17)12(21)18(6-11(19)20)8-2-3-8/h1,4-5,8H,2-3,6H2,(H,19,20). The summed E-state index contributed by atoms with van der Waals surface area (Å²) in [5.74, 6) is -3.57. The Hall–Kier alpha value is -2.12. The molecule has 0 radical (unpaired) electrons. The van der Waals surface area contributed by atoms with Crippen molar-refractivity contribution in [2.75, 3.05) is 6.54 Å². The lowest BCUT2D eigenvalue weighted by Gasteiger charge is -2.20. The van der Waals surface area contributed by atoms with Crippen LogP contribution in [-0.2, 0) is 11.0 Å². The molecular weight excluding hydrogens is 294 g/mol. The topological polar surface area (TPSA) is 57.6 Å². The molecule has 0 aromatic heterocycles. The van der Waals surface area contributed by atoms with E-state index in [2.05, 4.69) is 0 Å². The minimum atomic E-state index is -4.92. The minimum absolute atomic E-state index is 0.284. The van der Waals surface area contributed by atoms with Crippen LogP contribution < -0.4 is 0 Å². The highest BCUT2D eigenvalue weighted by Crippen LogP contribution is 2.33. The number of hydrogen-bond acceptors (Lipinski definition) is 2. The number of carbonyl (C=O) groups excluding carboxylic acids is 1. The van der Waals surface area contributed by atoms with E-state index in [1.807, 2.05) is 0 Å². The van der Waals surface area contributed by atoms with Crippen LogP contribution in [0.3, 0.4) is 0 Å². The summed E-state index contributed by atoms with van der Waals surface area (Å²) in [6.07, 6.45) is -3.71. The molecule has 0 atom stereocenters. The van der Waals surface area contributed by atoms with E-state index in [0.717, 1.165) is 11.0 Å². The molecule has 1 saturated carbocycles. The van der Waals surface area contributed by atoms with Gasteiger partial charge in [0.15, 0.2) is 0 Å². The summed E-state index contributed by atoms with van der Waals surface area (Å²) < 4.78 is 51.0. The van der Waals surface area contributed by atoms with Crippen LogP contribution in [0.2, 0.25) is 0 Å². The fraction of sp³-hybridized carbons (Fsp3) is 0.385. The number of amides is 1. The Morgan fingerprint density at radius 3 is 2.38 bits per heavy atom. The number of rotatable bonds is 4. The third-order valence-electron chi connectivity index (χ3n) is 3.07. The minimum Gasteiger partial charge on any atom is -0.480 e. The normalized spacial score (nSPS) is 14.9. The average Bonchev–Trinajstić information content (AvgIpc) is 3.18. The molecule has 8 heteroatoms. The molecule has 1 amide bonds. The summed E-state index contributed by atoms with van der Waals surface area (Å²) in [7, 11) is 0. The molecule has 114 valence electrons. The van der Waals surface area contributed by atoms with Crippen LogP contribution >= 0.6 is 0 Å². The van der Waals surface area contributed by atoms with Crippen LogP contribution in [0, 0.1) is 5.82 Å². The zero-order chi connectivity index (χ0) is 15.8. The van der Waals surface area contributed by atoms with E-state index < -0.39 is 36.0 Å². The fourth-order valence-corrected chi connectivity index (χ4v) is 1.94. The highest BCUT2D eigenvalue weighted by molar-refractivity contribution is 5.96. The Balaban J connectivity index is 2.32. The maximum absolute atomic E-state index is 13.2. The van der Waals surface area contributed by atoms with Crippen molar-refractivity contribution >= 4 is 11.9 Å². The average molecular weight is 305 g/mol. The smallest absolute Gasteiger partial charge is 0.419 e. The van der Waals surface area contributed by atoms with Crippen LogP contribution in [0.25, 0.3) is 0 Å². The molecule has 1 N–H and O–H groups in total. The Kier molecular flexibility index (Phi) is 3.89. The highest BCUT2D eigenvalue weighted by Gasteiger charge is 2.37. The van der Waals surface area contributed by atoms with Crippen LogP contribution in [0.5, 0.6) is 0 Å². The molecule has 0 spiro atoms. The largest absolute Gasteiger partial charge is 0.480 e. The van der Waals surface area contributed by atoms with Crippen molar-refractivity contribution in [3.05, 3.63) is 35.1 Å². The SMILES string of the molecule is O=C(O)CN(C(=O)c1ccc(F)c(C(F)(F)F)c1)C1CC1.